The molecule has 0 spiro atoms. The first-order valence-corrected chi connectivity index (χ1v) is 12.0. The zero-order valence-corrected chi connectivity index (χ0v) is 20.7. The molecule has 1 aromatic heterocycles. The number of nitrogens with zero attached hydrogens (tertiary/aromatic N) is 5. The van der Waals surface area contributed by atoms with Gasteiger partial charge in [-0.25, -0.2) is 6.57 Å². The molecule has 1 aliphatic carbocycles. The van der Waals surface area contributed by atoms with Crippen molar-refractivity contribution in [2.45, 2.75) is 51.2 Å². The molecule has 1 saturated carbocycles. The van der Waals surface area contributed by atoms with Gasteiger partial charge >= 0.3 is 5.91 Å². The number of rotatable bonds is 11. The summed E-state index contributed by atoms with van der Waals surface area (Å²) < 4.78 is 13.2. The average Bonchev–Trinajstić information content (AvgIpc) is 3.15. The zero-order valence-electron chi connectivity index (χ0n) is 20.7. The predicted molar refractivity (Wildman–Crippen MR) is 127 cm³/mol. The van der Waals surface area contributed by atoms with E-state index in [1.54, 1.807) is 14.2 Å². The van der Waals surface area contributed by atoms with Crippen molar-refractivity contribution in [3.8, 4) is 0 Å². The minimum Gasteiger partial charge on any atom is -0.384 e. The van der Waals surface area contributed by atoms with Gasteiger partial charge in [-0.2, -0.15) is 5.10 Å². The van der Waals surface area contributed by atoms with E-state index < -0.39 is 0 Å². The molecular weight excluding hydrogens is 420 g/mol. The molecule has 184 valence electrons. The molecular formula is C24H40N6O3. The van der Waals surface area contributed by atoms with Gasteiger partial charge in [0, 0.05) is 51.4 Å². The number of nitrogens with one attached hydrogen (secondary N) is 1. The molecule has 0 atom stereocenters. The molecule has 9 heteroatoms. The van der Waals surface area contributed by atoms with Crippen LogP contribution in [0.25, 0.3) is 4.85 Å². The number of hydrogen-bond acceptors (Lipinski definition) is 6. The third-order valence-electron chi connectivity index (χ3n) is 7.18. The van der Waals surface area contributed by atoms with E-state index in [1.807, 2.05) is 11.9 Å². The van der Waals surface area contributed by atoms with E-state index in [2.05, 4.69) is 26.8 Å². The Balaban J connectivity index is 1.86. The van der Waals surface area contributed by atoms with Crippen molar-refractivity contribution in [3.05, 3.63) is 28.4 Å². The Kier molecular flexibility index (Phi) is 9.27. The quantitative estimate of drug-likeness (QED) is 0.507. The summed E-state index contributed by atoms with van der Waals surface area (Å²) in [5, 5.41) is 8.24. The smallest absolute Gasteiger partial charge is 0.303 e. The maximum absolute atomic E-state index is 12.5. The summed E-state index contributed by atoms with van der Waals surface area (Å²) in [5.41, 5.74) is 3.70. The van der Waals surface area contributed by atoms with Crippen LogP contribution < -0.4 is 5.32 Å². The molecule has 3 rings (SSSR count). The van der Waals surface area contributed by atoms with Crippen LogP contribution in [0.5, 0.6) is 0 Å². The molecule has 2 heterocycles. The minimum absolute atomic E-state index is 0.0780. The standard InChI is InChI=1S/C24H40N6O3/c1-25-10-11-28(3)15-20-23(19-6-8-24(9-7-19,17-32-4)18-33-5)21-16-29(22(31)14-26-2)12-13-30(21)27-20/h19,25H,6-18H2,1,3-5H3. The van der Waals surface area contributed by atoms with Crippen LogP contribution in [0.1, 0.15) is 48.6 Å². The monoisotopic (exact) mass is 460 g/mol. The van der Waals surface area contributed by atoms with Crippen LogP contribution in [-0.2, 0) is 33.9 Å². The largest absolute Gasteiger partial charge is 0.384 e. The van der Waals surface area contributed by atoms with Crippen LogP contribution in [0.4, 0.5) is 0 Å². The molecule has 0 bridgehead atoms. The Morgan fingerprint density at radius 3 is 2.58 bits per heavy atom. The number of likely N-dealkylation sites (N-methyl/N-ethyl adjacent to an activating group) is 2. The Labute approximate surface area is 198 Å². The zero-order chi connectivity index (χ0) is 23.8. The van der Waals surface area contributed by atoms with Crippen molar-refractivity contribution in [2.75, 3.05) is 67.7 Å². The summed E-state index contributed by atoms with van der Waals surface area (Å²) in [6.07, 6.45) is 4.24. The second-order valence-electron chi connectivity index (χ2n) is 9.64. The highest BCUT2D eigenvalue weighted by molar-refractivity contribution is 5.79. The van der Waals surface area contributed by atoms with Crippen LogP contribution in [0.2, 0.25) is 0 Å². The van der Waals surface area contributed by atoms with E-state index in [-0.39, 0.29) is 17.9 Å². The molecule has 0 saturated heterocycles. The van der Waals surface area contributed by atoms with E-state index in [0.29, 0.717) is 25.6 Å². The van der Waals surface area contributed by atoms with Crippen molar-refractivity contribution in [2.24, 2.45) is 5.41 Å². The SMILES string of the molecule is [C-]#[N+]CC(=O)N1CCn2nc(CN(C)CCNC)c(C3CCC(COC)(COC)CC3)c2C1. The molecule has 0 aromatic carbocycles. The van der Waals surface area contributed by atoms with Crippen LogP contribution in [0, 0.1) is 12.0 Å². The normalized spacial score (nSPS) is 18.4. The lowest BCUT2D eigenvalue weighted by atomic mass is 9.69. The van der Waals surface area contributed by atoms with Crippen molar-refractivity contribution in [3.63, 3.8) is 0 Å². The van der Waals surface area contributed by atoms with E-state index in [4.69, 9.17) is 21.1 Å². The van der Waals surface area contributed by atoms with Gasteiger partial charge in [0.25, 0.3) is 6.54 Å². The van der Waals surface area contributed by atoms with Gasteiger partial charge in [-0.05, 0) is 45.7 Å². The summed E-state index contributed by atoms with van der Waals surface area (Å²) in [4.78, 5) is 19.9. The fourth-order valence-electron chi connectivity index (χ4n) is 5.46. The second-order valence-corrected chi connectivity index (χ2v) is 9.64. The summed E-state index contributed by atoms with van der Waals surface area (Å²) in [7, 11) is 7.64. The van der Waals surface area contributed by atoms with Crippen molar-refractivity contribution < 1.29 is 14.3 Å². The van der Waals surface area contributed by atoms with Crippen LogP contribution >= 0.6 is 0 Å². The molecule has 33 heavy (non-hydrogen) atoms. The first-order chi connectivity index (χ1) is 16.0. The Bertz CT molecular complexity index is 817. The first-order valence-electron chi connectivity index (χ1n) is 12.0. The highest BCUT2D eigenvalue weighted by Crippen LogP contribution is 2.45. The number of fused-ring (bicyclic) bond motifs is 1. The number of methoxy groups -OCH3 is 2. The van der Waals surface area contributed by atoms with Gasteiger partial charge in [-0.15, -0.1) is 0 Å². The number of amides is 1. The lowest BCUT2D eigenvalue weighted by Gasteiger charge is -2.40. The number of hydrogen-bond donors (Lipinski definition) is 1. The maximum Gasteiger partial charge on any atom is 0.303 e. The van der Waals surface area contributed by atoms with Crippen LogP contribution in [0.15, 0.2) is 0 Å². The molecule has 9 nitrogen and oxygen atoms in total. The Morgan fingerprint density at radius 2 is 1.97 bits per heavy atom. The van der Waals surface area contributed by atoms with Gasteiger partial charge in [0.15, 0.2) is 0 Å². The summed E-state index contributed by atoms with van der Waals surface area (Å²) in [5.74, 6) is 0.332. The van der Waals surface area contributed by atoms with Gasteiger partial charge in [0.1, 0.15) is 0 Å². The third-order valence-corrected chi connectivity index (χ3v) is 7.18. The minimum atomic E-state index is -0.0843. The maximum atomic E-state index is 12.5. The van der Waals surface area contributed by atoms with E-state index >= 15 is 0 Å². The second kappa shape index (κ2) is 11.9. The highest BCUT2D eigenvalue weighted by atomic mass is 16.5. The molecule has 1 aliphatic heterocycles. The average molecular weight is 461 g/mol. The number of carbonyl (C=O) groups excluding carboxylic acids is 1. The Hall–Kier alpha value is -1.99. The number of carbonyl (C=O) groups is 1. The van der Waals surface area contributed by atoms with Crippen LogP contribution in [-0.4, -0.2) is 93.2 Å². The van der Waals surface area contributed by atoms with Gasteiger partial charge in [0.2, 0.25) is 0 Å². The topological polar surface area (TPSA) is 76.2 Å². The fourth-order valence-corrected chi connectivity index (χ4v) is 5.46. The molecule has 2 aliphatic rings. The van der Waals surface area contributed by atoms with Gasteiger partial charge in [-0.1, -0.05) is 0 Å². The summed E-state index contributed by atoms with van der Waals surface area (Å²) in [6.45, 7) is 13.0. The number of aromatic nitrogens is 2. The molecule has 0 unspecified atom stereocenters. The molecule has 0 radical (unpaired) electrons. The van der Waals surface area contributed by atoms with Gasteiger partial charge < -0.3 is 24.5 Å². The van der Waals surface area contributed by atoms with Gasteiger partial charge in [0.05, 0.1) is 37.7 Å². The van der Waals surface area contributed by atoms with Gasteiger partial charge in [-0.3, -0.25) is 14.4 Å². The molecule has 1 fully saturated rings. The van der Waals surface area contributed by atoms with Crippen LogP contribution in [0.3, 0.4) is 0 Å². The summed E-state index contributed by atoms with van der Waals surface area (Å²) >= 11 is 0. The van der Waals surface area contributed by atoms with E-state index in [1.165, 1.54) is 5.56 Å². The fraction of sp³-hybridized carbons (Fsp3) is 0.792. The lowest BCUT2D eigenvalue weighted by molar-refractivity contribution is -0.130. The lowest BCUT2D eigenvalue weighted by Crippen LogP contribution is -2.40. The van der Waals surface area contributed by atoms with Crippen molar-refractivity contribution >= 4 is 5.91 Å². The third kappa shape index (κ3) is 6.12. The number of ether oxygens (including phenoxy) is 2. The molecule has 1 N–H and O–H groups in total. The summed E-state index contributed by atoms with van der Waals surface area (Å²) in [6, 6.07) is 0. The van der Waals surface area contributed by atoms with E-state index in [0.717, 1.165) is 69.9 Å². The highest BCUT2D eigenvalue weighted by Gasteiger charge is 2.39. The molecule has 1 aromatic rings. The molecule has 1 amide bonds. The van der Waals surface area contributed by atoms with Crippen molar-refractivity contribution in [1.82, 2.24) is 24.9 Å². The first kappa shape index (κ1) is 25.6. The van der Waals surface area contributed by atoms with E-state index in [9.17, 15) is 4.79 Å². The predicted octanol–water partition coefficient (Wildman–Crippen LogP) is 1.73. The Morgan fingerprint density at radius 1 is 1.27 bits per heavy atom. The van der Waals surface area contributed by atoms with Crippen molar-refractivity contribution in [1.29, 1.82) is 0 Å².